The molecular weight excluding hydrogens is 258 g/mol. The van der Waals surface area contributed by atoms with Gasteiger partial charge in [0, 0.05) is 13.5 Å². The second-order valence-electron chi connectivity index (χ2n) is 4.01. The highest BCUT2D eigenvalue weighted by atomic mass is 16.9. The molecule has 2 atom stereocenters. The van der Waals surface area contributed by atoms with Crippen LogP contribution in [0.1, 0.15) is 26.7 Å². The van der Waals surface area contributed by atoms with E-state index in [0.717, 1.165) is 12.8 Å². The van der Waals surface area contributed by atoms with Crippen LogP contribution in [0.2, 0.25) is 0 Å². The Morgan fingerprint density at radius 2 is 2.37 bits per heavy atom. The van der Waals surface area contributed by atoms with Crippen molar-refractivity contribution in [2.45, 2.75) is 39.0 Å². The zero-order valence-corrected chi connectivity index (χ0v) is 11.1. The van der Waals surface area contributed by atoms with E-state index >= 15 is 0 Å². The number of carbonyl (C=O) groups is 1. The first-order valence-corrected chi connectivity index (χ1v) is 6.19. The van der Waals surface area contributed by atoms with E-state index in [1.54, 1.807) is 6.92 Å². The van der Waals surface area contributed by atoms with E-state index in [1.165, 1.54) is 11.9 Å². The van der Waals surface area contributed by atoms with E-state index in [4.69, 9.17) is 14.7 Å². The number of rotatable bonds is 7. The highest BCUT2D eigenvalue weighted by molar-refractivity contribution is 5.59. The van der Waals surface area contributed by atoms with Crippen LogP contribution in [0.15, 0.2) is 0 Å². The van der Waals surface area contributed by atoms with Crippen molar-refractivity contribution < 1.29 is 29.4 Å². The third-order valence-corrected chi connectivity index (χ3v) is 2.62. The van der Waals surface area contributed by atoms with Crippen molar-refractivity contribution in [3.63, 3.8) is 0 Å². The summed E-state index contributed by atoms with van der Waals surface area (Å²) >= 11 is 0. The van der Waals surface area contributed by atoms with Crippen LogP contribution in [0.25, 0.3) is 0 Å². The lowest BCUT2D eigenvalue weighted by molar-refractivity contribution is -0.369. The molecule has 1 fully saturated rings. The van der Waals surface area contributed by atoms with E-state index in [9.17, 15) is 10.0 Å². The van der Waals surface area contributed by atoms with Gasteiger partial charge >= 0.3 is 6.16 Å². The zero-order chi connectivity index (χ0) is 14.3. The quantitative estimate of drug-likeness (QED) is 0.337. The van der Waals surface area contributed by atoms with Gasteiger partial charge in [-0.1, -0.05) is 5.59 Å². The lowest BCUT2D eigenvalue weighted by Crippen LogP contribution is -2.52. The molecule has 0 aromatic heterocycles. The molecular formula is C10H21N3O6. The smallest absolute Gasteiger partial charge is 0.435 e. The molecule has 1 rings (SSSR count). The van der Waals surface area contributed by atoms with Gasteiger partial charge in [0.25, 0.3) is 0 Å². The van der Waals surface area contributed by atoms with Gasteiger partial charge in [0.1, 0.15) is 0 Å². The molecule has 1 heterocycles. The van der Waals surface area contributed by atoms with Crippen LogP contribution >= 0.6 is 0 Å². The van der Waals surface area contributed by atoms with Gasteiger partial charge in [-0.05, 0) is 25.0 Å². The number of hydrogen-bond acceptors (Lipinski definition) is 9. The molecule has 112 valence electrons. The summed E-state index contributed by atoms with van der Waals surface area (Å²) in [6.45, 7) is 3.85. The molecule has 1 aliphatic rings. The van der Waals surface area contributed by atoms with Crippen molar-refractivity contribution in [3.8, 4) is 0 Å². The maximum atomic E-state index is 11.0. The fourth-order valence-corrected chi connectivity index (χ4v) is 1.74. The molecule has 1 aliphatic heterocycles. The number of aliphatic hydroxyl groups excluding tert-OH is 1. The highest BCUT2D eigenvalue weighted by Crippen LogP contribution is 2.16. The Labute approximate surface area is 111 Å². The minimum atomic E-state index is -0.941. The summed E-state index contributed by atoms with van der Waals surface area (Å²) in [6, 6.07) is -0.164. The molecule has 1 saturated heterocycles. The molecule has 19 heavy (non-hydrogen) atoms. The van der Waals surface area contributed by atoms with Crippen LogP contribution in [0.5, 0.6) is 0 Å². The first kappa shape index (κ1) is 16.1. The van der Waals surface area contributed by atoms with Gasteiger partial charge in [-0.2, -0.15) is 5.01 Å². The topological polar surface area (TPSA) is 104 Å². The Bertz CT molecular complexity index is 280. The van der Waals surface area contributed by atoms with Crippen LogP contribution in [-0.4, -0.2) is 58.8 Å². The molecule has 0 radical (unpaired) electrons. The van der Waals surface area contributed by atoms with Crippen molar-refractivity contribution in [2.24, 2.45) is 0 Å². The second kappa shape index (κ2) is 8.25. The van der Waals surface area contributed by atoms with Gasteiger partial charge in [-0.15, -0.1) is 0 Å². The average molecular weight is 279 g/mol. The number of aliphatic hydroxyl groups is 1. The lowest BCUT2D eigenvalue weighted by atomic mass is 10.2. The van der Waals surface area contributed by atoms with Crippen molar-refractivity contribution in [1.82, 2.24) is 15.9 Å². The predicted molar refractivity (Wildman–Crippen MR) is 62.2 cm³/mol. The summed E-state index contributed by atoms with van der Waals surface area (Å²) in [6.07, 6.45) is -0.150. The van der Waals surface area contributed by atoms with E-state index in [0.29, 0.717) is 11.8 Å². The monoisotopic (exact) mass is 279 g/mol. The minimum absolute atomic E-state index is 0.0619. The Balaban J connectivity index is 2.25. The third kappa shape index (κ3) is 5.27. The summed E-state index contributed by atoms with van der Waals surface area (Å²) in [4.78, 5) is 15.9. The van der Waals surface area contributed by atoms with E-state index < -0.39 is 12.4 Å². The molecule has 9 heteroatoms. The van der Waals surface area contributed by atoms with Crippen LogP contribution in [0.3, 0.4) is 0 Å². The van der Waals surface area contributed by atoms with E-state index in [2.05, 4.69) is 10.3 Å². The summed E-state index contributed by atoms with van der Waals surface area (Å²) in [5, 5.41) is 20.9. The number of hydrazine groups is 2. The van der Waals surface area contributed by atoms with Gasteiger partial charge in [0.15, 0.2) is 0 Å². The Morgan fingerprint density at radius 1 is 1.63 bits per heavy atom. The fraction of sp³-hybridized carbons (Fsp3) is 0.900. The van der Waals surface area contributed by atoms with Gasteiger partial charge in [0.05, 0.1) is 19.3 Å². The largest absolute Gasteiger partial charge is 0.510 e. The molecule has 0 spiro atoms. The molecule has 9 nitrogen and oxygen atoms in total. The van der Waals surface area contributed by atoms with E-state index in [1.807, 2.05) is 0 Å². The third-order valence-electron chi connectivity index (χ3n) is 2.62. The number of hydrogen-bond donors (Lipinski definition) is 3. The summed E-state index contributed by atoms with van der Waals surface area (Å²) < 4.78 is 9.27. The Kier molecular flexibility index (Phi) is 6.99. The first-order valence-electron chi connectivity index (χ1n) is 6.19. The maximum Gasteiger partial charge on any atom is 0.510 e. The van der Waals surface area contributed by atoms with E-state index in [-0.39, 0.29) is 19.3 Å². The summed E-state index contributed by atoms with van der Waals surface area (Å²) in [5.74, 6) is 0. The van der Waals surface area contributed by atoms with Crippen LogP contribution in [-0.2, 0) is 14.3 Å². The van der Waals surface area contributed by atoms with Crippen molar-refractivity contribution in [1.29, 1.82) is 0 Å². The number of nitrogens with one attached hydrogen (secondary N) is 1. The van der Waals surface area contributed by atoms with Crippen LogP contribution in [0, 0.1) is 0 Å². The van der Waals surface area contributed by atoms with Gasteiger partial charge in [0.2, 0.25) is 6.29 Å². The molecule has 3 N–H and O–H groups in total. The zero-order valence-electron chi connectivity index (χ0n) is 11.1. The molecule has 0 aliphatic carbocycles. The molecule has 0 aromatic rings. The lowest BCUT2D eigenvalue weighted by Gasteiger charge is -2.30. The van der Waals surface area contributed by atoms with Crippen molar-refractivity contribution in [3.05, 3.63) is 0 Å². The highest BCUT2D eigenvalue weighted by Gasteiger charge is 2.29. The SMILES string of the molecule is CCOC(=O)OC(C)ONN(O)N1CCCC1CO. The standard InChI is InChI=1S/C10H21N3O6/c1-3-17-10(15)18-8(2)19-11-13(16)12-6-4-5-9(12)7-14/h8-9,11,14,16H,3-7H2,1-2H3. The molecule has 0 aromatic carbocycles. The Morgan fingerprint density at radius 3 is 3.00 bits per heavy atom. The van der Waals surface area contributed by atoms with Gasteiger partial charge in [-0.3, -0.25) is 5.21 Å². The summed E-state index contributed by atoms with van der Waals surface area (Å²) in [5.41, 5.74) is 2.21. The first-order chi connectivity index (χ1) is 9.08. The van der Waals surface area contributed by atoms with Crippen molar-refractivity contribution in [2.75, 3.05) is 19.8 Å². The average Bonchev–Trinajstić information content (AvgIpc) is 2.84. The maximum absolute atomic E-state index is 11.0. The van der Waals surface area contributed by atoms with Crippen LogP contribution in [0.4, 0.5) is 4.79 Å². The van der Waals surface area contributed by atoms with Gasteiger partial charge in [-0.25, -0.2) is 9.63 Å². The normalized spacial score (nSPS) is 21.6. The summed E-state index contributed by atoms with van der Waals surface area (Å²) in [7, 11) is 0. The number of ether oxygens (including phenoxy) is 2. The number of nitrogens with zero attached hydrogens (tertiary/aromatic N) is 2. The van der Waals surface area contributed by atoms with Crippen molar-refractivity contribution >= 4 is 6.16 Å². The Hall–Kier alpha value is -0.970. The molecule has 0 amide bonds. The predicted octanol–water partition coefficient (Wildman–Crippen LogP) is 0.00460. The molecule has 2 unspecified atom stereocenters. The minimum Gasteiger partial charge on any atom is -0.435 e. The van der Waals surface area contributed by atoms with Gasteiger partial charge < -0.3 is 14.6 Å². The number of carbonyl (C=O) groups excluding carboxylic acids is 1. The molecule has 0 bridgehead atoms. The fourth-order valence-electron chi connectivity index (χ4n) is 1.74. The second-order valence-corrected chi connectivity index (χ2v) is 4.01. The van der Waals surface area contributed by atoms with Crippen LogP contribution < -0.4 is 5.59 Å². The molecule has 0 saturated carbocycles.